The van der Waals surface area contributed by atoms with E-state index in [4.69, 9.17) is 14.9 Å². The van der Waals surface area contributed by atoms with E-state index >= 15 is 0 Å². The molecule has 14 heavy (non-hydrogen) atoms. The maximum Gasteiger partial charge on any atom is 0.331 e. The molecular weight excluding hydrogens is 184 g/mol. The molecule has 4 heteroatoms. The zero-order chi connectivity index (χ0) is 10.1. The summed E-state index contributed by atoms with van der Waals surface area (Å²) in [6.45, 7) is 0.273. The van der Waals surface area contributed by atoms with Crippen molar-refractivity contribution >= 4 is 5.97 Å². The smallest absolute Gasteiger partial charge is 0.331 e. The number of aliphatic carboxylic acids is 1. The average Bonchev–Trinajstić information content (AvgIpc) is 2.92. The molecule has 0 radical (unpaired) electrons. The van der Waals surface area contributed by atoms with Crippen molar-refractivity contribution < 1.29 is 19.7 Å². The lowest BCUT2D eigenvalue weighted by molar-refractivity contribution is -0.133. The van der Waals surface area contributed by atoms with Gasteiger partial charge in [0.05, 0.1) is 12.4 Å². The summed E-state index contributed by atoms with van der Waals surface area (Å²) in [5, 5.41) is 17.4. The Balaban J connectivity index is 2.06. The Hall–Kier alpha value is -1.29. The molecule has 76 valence electrons. The van der Waals surface area contributed by atoms with Gasteiger partial charge in [-0.3, -0.25) is 0 Å². The van der Waals surface area contributed by atoms with Gasteiger partial charge in [-0.15, -0.1) is 0 Å². The number of carboxylic acid groups (broad SMARTS) is 1. The van der Waals surface area contributed by atoms with Crippen LogP contribution in [0.3, 0.4) is 0 Å². The van der Waals surface area contributed by atoms with Crippen molar-refractivity contribution in [1.82, 2.24) is 0 Å². The third kappa shape index (κ3) is 1.53. The lowest BCUT2D eigenvalue weighted by Crippen LogP contribution is -2.09. The van der Waals surface area contributed by atoms with E-state index < -0.39 is 5.97 Å². The summed E-state index contributed by atoms with van der Waals surface area (Å²) in [6, 6.07) is 0. The molecular formula is C10H12O4. The van der Waals surface area contributed by atoms with E-state index in [1.54, 1.807) is 12.2 Å². The monoisotopic (exact) mass is 196 g/mol. The van der Waals surface area contributed by atoms with Gasteiger partial charge in [-0.2, -0.15) is 0 Å². The van der Waals surface area contributed by atoms with Gasteiger partial charge in [0.2, 0.25) is 0 Å². The van der Waals surface area contributed by atoms with Gasteiger partial charge in [0.1, 0.15) is 6.61 Å². The summed E-state index contributed by atoms with van der Waals surface area (Å²) in [4.78, 5) is 10.7. The van der Waals surface area contributed by atoms with Gasteiger partial charge in [0, 0.05) is 17.4 Å². The number of aliphatic hydroxyl groups excluding tert-OH is 1. The van der Waals surface area contributed by atoms with Crippen molar-refractivity contribution in [2.45, 2.75) is 6.42 Å². The van der Waals surface area contributed by atoms with Crippen molar-refractivity contribution in [2.24, 2.45) is 11.8 Å². The van der Waals surface area contributed by atoms with Crippen LogP contribution in [-0.2, 0) is 9.53 Å². The van der Waals surface area contributed by atoms with Crippen LogP contribution in [-0.4, -0.2) is 29.4 Å². The molecule has 0 heterocycles. The summed E-state index contributed by atoms with van der Waals surface area (Å²) in [7, 11) is 0. The molecule has 2 unspecified atom stereocenters. The highest BCUT2D eigenvalue weighted by atomic mass is 16.5. The maximum atomic E-state index is 10.7. The molecule has 4 nitrogen and oxygen atoms in total. The van der Waals surface area contributed by atoms with Crippen molar-refractivity contribution in [3.05, 3.63) is 23.5 Å². The summed E-state index contributed by atoms with van der Waals surface area (Å²) in [5.41, 5.74) is 0.478. The van der Waals surface area contributed by atoms with Crippen molar-refractivity contribution in [3.63, 3.8) is 0 Å². The summed E-state index contributed by atoms with van der Waals surface area (Å²) >= 11 is 0. The topological polar surface area (TPSA) is 66.8 Å². The van der Waals surface area contributed by atoms with Crippen LogP contribution in [0.1, 0.15) is 6.42 Å². The van der Waals surface area contributed by atoms with E-state index in [0.717, 1.165) is 12.2 Å². The normalized spacial score (nSPS) is 28.6. The largest absolute Gasteiger partial charge is 0.495 e. The second kappa shape index (κ2) is 3.46. The summed E-state index contributed by atoms with van der Waals surface area (Å²) in [5.74, 6) is 0.341. The van der Waals surface area contributed by atoms with Crippen LogP contribution < -0.4 is 0 Å². The number of ether oxygens (including phenoxy) is 1. The quantitative estimate of drug-likeness (QED) is 0.688. The van der Waals surface area contributed by atoms with Gasteiger partial charge in [-0.1, -0.05) is 0 Å². The number of fused-ring (bicyclic) bond motifs is 1. The van der Waals surface area contributed by atoms with Crippen molar-refractivity contribution in [1.29, 1.82) is 0 Å². The van der Waals surface area contributed by atoms with Crippen molar-refractivity contribution in [2.75, 3.05) is 13.2 Å². The predicted molar refractivity (Wildman–Crippen MR) is 48.4 cm³/mol. The van der Waals surface area contributed by atoms with E-state index in [-0.39, 0.29) is 25.0 Å². The Bertz CT molecular complexity index is 316. The molecule has 2 rings (SSSR count). The lowest BCUT2D eigenvalue weighted by atomic mass is 10.0. The molecule has 0 spiro atoms. The predicted octanol–water partition coefficient (Wildman–Crippen LogP) is 0.540. The molecule has 0 aromatic carbocycles. The molecule has 2 N–H and O–H groups in total. The summed E-state index contributed by atoms with van der Waals surface area (Å²) < 4.78 is 5.29. The Labute approximate surface area is 81.5 Å². The molecule has 0 amide bonds. The zero-order valence-electron chi connectivity index (χ0n) is 7.64. The minimum absolute atomic E-state index is 0.00969. The molecule has 0 aliphatic heterocycles. The lowest BCUT2D eigenvalue weighted by Gasteiger charge is -2.12. The summed E-state index contributed by atoms with van der Waals surface area (Å²) in [6.07, 6.45) is 4.16. The fourth-order valence-electron chi connectivity index (χ4n) is 1.82. The Morgan fingerprint density at radius 1 is 1.50 bits per heavy atom. The van der Waals surface area contributed by atoms with E-state index in [1.165, 1.54) is 0 Å². The molecule has 1 saturated carbocycles. The van der Waals surface area contributed by atoms with E-state index in [1.807, 2.05) is 0 Å². The fraction of sp³-hybridized carbons (Fsp3) is 0.500. The second-order valence-corrected chi connectivity index (χ2v) is 3.52. The fourth-order valence-corrected chi connectivity index (χ4v) is 1.82. The van der Waals surface area contributed by atoms with E-state index in [9.17, 15) is 4.79 Å². The van der Waals surface area contributed by atoms with Gasteiger partial charge in [0.25, 0.3) is 0 Å². The molecule has 0 aromatic rings. The first-order valence-electron chi connectivity index (χ1n) is 4.62. The van der Waals surface area contributed by atoms with Crippen LogP contribution in [0.25, 0.3) is 0 Å². The number of carboxylic acids is 1. The third-order valence-electron chi connectivity index (χ3n) is 2.59. The number of allylic oxidation sites excluding steroid dienone is 3. The molecule has 2 aliphatic carbocycles. The van der Waals surface area contributed by atoms with Crippen LogP contribution in [0.15, 0.2) is 23.5 Å². The molecule has 1 fully saturated rings. The number of aliphatic hydroxyl groups is 1. The van der Waals surface area contributed by atoms with Crippen LogP contribution in [0.5, 0.6) is 0 Å². The Morgan fingerprint density at radius 2 is 2.29 bits per heavy atom. The van der Waals surface area contributed by atoms with Crippen LogP contribution in [0.4, 0.5) is 0 Å². The SMILES string of the molecule is O=C(O)C1=CC=C(OCCO)C2CC12. The minimum Gasteiger partial charge on any atom is -0.495 e. The average molecular weight is 196 g/mol. The first kappa shape index (κ1) is 9.27. The molecule has 0 saturated heterocycles. The second-order valence-electron chi connectivity index (χ2n) is 3.52. The van der Waals surface area contributed by atoms with Crippen LogP contribution >= 0.6 is 0 Å². The van der Waals surface area contributed by atoms with E-state index in [0.29, 0.717) is 5.57 Å². The highest BCUT2D eigenvalue weighted by Gasteiger charge is 2.47. The Morgan fingerprint density at radius 3 is 2.93 bits per heavy atom. The third-order valence-corrected chi connectivity index (χ3v) is 2.59. The van der Waals surface area contributed by atoms with Gasteiger partial charge < -0.3 is 14.9 Å². The first-order valence-corrected chi connectivity index (χ1v) is 4.62. The highest BCUT2D eigenvalue weighted by molar-refractivity contribution is 5.89. The van der Waals surface area contributed by atoms with Gasteiger partial charge in [0.15, 0.2) is 0 Å². The van der Waals surface area contributed by atoms with Gasteiger partial charge >= 0.3 is 5.97 Å². The molecule has 0 aromatic heterocycles. The number of hydrogen-bond acceptors (Lipinski definition) is 3. The number of rotatable bonds is 4. The number of hydrogen-bond donors (Lipinski definition) is 2. The molecule has 2 aliphatic rings. The minimum atomic E-state index is -0.838. The van der Waals surface area contributed by atoms with Crippen LogP contribution in [0.2, 0.25) is 0 Å². The standard InChI is InChI=1S/C10H12O4/c11-3-4-14-9-2-1-6(10(12)13)7-5-8(7)9/h1-2,7-8,11H,3-5H2,(H,12,13). The molecule has 0 bridgehead atoms. The Kier molecular flexibility index (Phi) is 2.29. The van der Waals surface area contributed by atoms with Crippen LogP contribution in [0, 0.1) is 11.8 Å². The van der Waals surface area contributed by atoms with Crippen molar-refractivity contribution in [3.8, 4) is 0 Å². The van der Waals surface area contributed by atoms with Gasteiger partial charge in [-0.25, -0.2) is 4.79 Å². The number of carbonyl (C=O) groups is 1. The van der Waals surface area contributed by atoms with E-state index in [2.05, 4.69) is 0 Å². The maximum absolute atomic E-state index is 10.7. The highest BCUT2D eigenvalue weighted by Crippen LogP contribution is 2.51. The van der Waals surface area contributed by atoms with Gasteiger partial charge in [-0.05, 0) is 18.6 Å². The first-order chi connectivity index (χ1) is 6.74. The molecule has 2 atom stereocenters. The zero-order valence-corrected chi connectivity index (χ0v) is 7.64.